The van der Waals surface area contributed by atoms with Gasteiger partial charge in [-0.15, -0.1) is 0 Å². The summed E-state index contributed by atoms with van der Waals surface area (Å²) in [5.74, 6) is -0.830. The number of ether oxygens (including phenoxy) is 3. The van der Waals surface area contributed by atoms with E-state index in [1.165, 1.54) is 13.8 Å². The maximum absolute atomic E-state index is 11.9. The molecule has 0 radical (unpaired) electrons. The highest BCUT2D eigenvalue weighted by Crippen LogP contribution is 2.19. The van der Waals surface area contributed by atoms with Crippen molar-refractivity contribution in [3.05, 3.63) is 12.2 Å². The fourth-order valence-corrected chi connectivity index (χ4v) is 2.26. The van der Waals surface area contributed by atoms with Crippen molar-refractivity contribution in [2.45, 2.75) is 71.3 Å². The van der Waals surface area contributed by atoms with Crippen LogP contribution in [-0.4, -0.2) is 41.9 Å². The smallest absolute Gasteiger partial charge is 0.407 e. The zero-order valence-corrected chi connectivity index (χ0v) is 14.3. The highest BCUT2D eigenvalue weighted by Gasteiger charge is 2.28. The third-order valence-electron chi connectivity index (χ3n) is 2.93. The van der Waals surface area contributed by atoms with Crippen molar-refractivity contribution in [3.63, 3.8) is 0 Å². The molecule has 0 aromatic rings. The van der Waals surface area contributed by atoms with Crippen LogP contribution in [0.4, 0.5) is 4.79 Å². The minimum Gasteiger partial charge on any atom is -0.458 e. The molecule has 7 nitrogen and oxygen atoms in total. The Hall–Kier alpha value is -2.05. The monoisotopic (exact) mass is 327 g/mol. The molecule has 0 spiro atoms. The van der Waals surface area contributed by atoms with Gasteiger partial charge in [-0.3, -0.25) is 9.59 Å². The molecule has 3 atom stereocenters. The van der Waals surface area contributed by atoms with Crippen molar-refractivity contribution < 1.29 is 28.6 Å². The predicted molar refractivity (Wildman–Crippen MR) is 82.6 cm³/mol. The second kappa shape index (κ2) is 7.99. The Morgan fingerprint density at radius 1 is 0.957 bits per heavy atom. The Morgan fingerprint density at radius 2 is 1.39 bits per heavy atom. The molecule has 0 heterocycles. The number of alkyl carbamates (subject to hydrolysis) is 1. The van der Waals surface area contributed by atoms with Gasteiger partial charge in [0, 0.05) is 32.7 Å². The fraction of sp³-hybridized carbons (Fsp3) is 0.688. The number of nitrogens with one attached hydrogen (secondary N) is 1. The largest absolute Gasteiger partial charge is 0.458 e. The summed E-state index contributed by atoms with van der Waals surface area (Å²) in [5, 5.41) is 2.74. The van der Waals surface area contributed by atoms with Crippen LogP contribution in [0.2, 0.25) is 0 Å². The Balaban J connectivity index is 2.76. The number of hydrogen-bond acceptors (Lipinski definition) is 6. The quantitative estimate of drug-likeness (QED) is 0.485. The molecule has 0 bridgehead atoms. The highest BCUT2D eigenvalue weighted by atomic mass is 16.6. The lowest BCUT2D eigenvalue weighted by Crippen LogP contribution is -2.42. The van der Waals surface area contributed by atoms with Gasteiger partial charge in [0.25, 0.3) is 0 Å². The molecule has 0 fully saturated rings. The van der Waals surface area contributed by atoms with Crippen LogP contribution in [0.3, 0.4) is 0 Å². The van der Waals surface area contributed by atoms with Crippen molar-refractivity contribution in [1.29, 1.82) is 0 Å². The predicted octanol–water partition coefficient (Wildman–Crippen LogP) is 2.09. The van der Waals surface area contributed by atoms with Gasteiger partial charge in [-0.2, -0.15) is 0 Å². The zero-order chi connectivity index (χ0) is 17.6. The Labute approximate surface area is 136 Å². The minimum atomic E-state index is -0.613. The van der Waals surface area contributed by atoms with Crippen LogP contribution in [0.1, 0.15) is 47.5 Å². The van der Waals surface area contributed by atoms with E-state index in [0.717, 1.165) is 0 Å². The summed E-state index contributed by atoms with van der Waals surface area (Å²) in [4.78, 5) is 34.2. The van der Waals surface area contributed by atoms with Gasteiger partial charge < -0.3 is 19.5 Å². The lowest BCUT2D eigenvalue weighted by molar-refractivity contribution is -0.145. The van der Waals surface area contributed by atoms with Gasteiger partial charge in [0.15, 0.2) is 0 Å². The Morgan fingerprint density at radius 3 is 1.74 bits per heavy atom. The first-order chi connectivity index (χ1) is 10.5. The first-order valence-corrected chi connectivity index (χ1v) is 7.57. The van der Waals surface area contributed by atoms with Crippen molar-refractivity contribution in [3.8, 4) is 0 Å². The molecule has 7 heteroatoms. The van der Waals surface area contributed by atoms with Crippen molar-refractivity contribution in [1.82, 2.24) is 5.32 Å². The number of esters is 2. The van der Waals surface area contributed by atoms with Crippen molar-refractivity contribution in [2.24, 2.45) is 0 Å². The molecule has 1 aliphatic carbocycles. The molecule has 1 N–H and O–H groups in total. The van der Waals surface area contributed by atoms with E-state index in [-0.39, 0.29) is 6.04 Å². The van der Waals surface area contributed by atoms with E-state index in [1.54, 1.807) is 32.9 Å². The maximum atomic E-state index is 11.9. The van der Waals surface area contributed by atoms with E-state index < -0.39 is 35.8 Å². The first-order valence-electron chi connectivity index (χ1n) is 7.57. The molecule has 1 unspecified atom stereocenters. The van der Waals surface area contributed by atoms with Crippen LogP contribution in [-0.2, 0) is 23.8 Å². The van der Waals surface area contributed by atoms with Crippen molar-refractivity contribution >= 4 is 18.0 Å². The fourth-order valence-electron chi connectivity index (χ4n) is 2.26. The van der Waals surface area contributed by atoms with Gasteiger partial charge in [-0.05, 0) is 32.9 Å². The molecule has 1 aliphatic rings. The summed E-state index contributed by atoms with van der Waals surface area (Å²) in [6, 6.07) is -0.353. The summed E-state index contributed by atoms with van der Waals surface area (Å²) < 4.78 is 15.6. The maximum Gasteiger partial charge on any atom is 0.407 e. The number of carbonyl (C=O) groups is 3. The van der Waals surface area contributed by atoms with Gasteiger partial charge in [0.2, 0.25) is 0 Å². The van der Waals surface area contributed by atoms with Gasteiger partial charge in [0.05, 0.1) is 0 Å². The number of carbonyl (C=O) groups excluding carboxylic acids is 3. The summed E-state index contributed by atoms with van der Waals surface area (Å²) >= 11 is 0. The summed E-state index contributed by atoms with van der Waals surface area (Å²) in [6.45, 7) is 7.94. The van der Waals surface area contributed by atoms with E-state index in [0.29, 0.717) is 12.8 Å². The lowest BCUT2D eigenvalue weighted by atomic mass is 10.1. The lowest BCUT2D eigenvalue weighted by Gasteiger charge is -2.25. The van der Waals surface area contributed by atoms with Gasteiger partial charge in [-0.25, -0.2) is 4.79 Å². The third kappa shape index (κ3) is 8.23. The number of hydrogen-bond donors (Lipinski definition) is 1. The highest BCUT2D eigenvalue weighted by molar-refractivity contribution is 5.68. The molecule has 130 valence electrons. The van der Waals surface area contributed by atoms with Crippen LogP contribution < -0.4 is 5.32 Å². The van der Waals surface area contributed by atoms with E-state index >= 15 is 0 Å². The van der Waals surface area contributed by atoms with E-state index in [4.69, 9.17) is 14.2 Å². The first kappa shape index (κ1) is 19.0. The van der Waals surface area contributed by atoms with Crippen LogP contribution >= 0.6 is 0 Å². The zero-order valence-electron chi connectivity index (χ0n) is 14.3. The summed E-state index contributed by atoms with van der Waals surface area (Å²) in [6.07, 6.45) is 2.56. The summed E-state index contributed by atoms with van der Waals surface area (Å²) in [5.41, 5.74) is -0.613. The molecule has 23 heavy (non-hydrogen) atoms. The van der Waals surface area contributed by atoms with E-state index in [9.17, 15) is 14.4 Å². The second-order valence-electron chi connectivity index (χ2n) is 6.50. The standard InChI is InChI=1S/C16H25NO6/c1-10(18)21-13-6-7-14(22-11(2)19)9-12(8-13)17-15(20)23-16(3,4)5/h6-7,12-14H,8-9H2,1-5H3,(H,17,20)/t12?,13-,14+. The van der Waals surface area contributed by atoms with Gasteiger partial charge in [0.1, 0.15) is 17.8 Å². The van der Waals surface area contributed by atoms with E-state index in [1.807, 2.05) is 0 Å². The molecule has 0 saturated heterocycles. The molecule has 1 amide bonds. The average Bonchev–Trinajstić information content (AvgIpc) is 2.47. The van der Waals surface area contributed by atoms with Crippen LogP contribution in [0, 0.1) is 0 Å². The van der Waals surface area contributed by atoms with Crippen LogP contribution in [0.25, 0.3) is 0 Å². The van der Waals surface area contributed by atoms with Crippen LogP contribution in [0.15, 0.2) is 12.2 Å². The Kier molecular flexibility index (Phi) is 6.60. The number of rotatable bonds is 3. The van der Waals surface area contributed by atoms with Crippen LogP contribution in [0.5, 0.6) is 0 Å². The molecule has 0 aliphatic heterocycles. The SMILES string of the molecule is CC(=O)O[C@@H]1C=C[C@H](OC(C)=O)CC(NC(=O)OC(C)(C)C)C1. The molecule has 0 saturated carbocycles. The van der Waals surface area contributed by atoms with Crippen molar-refractivity contribution in [2.75, 3.05) is 0 Å². The number of amides is 1. The second-order valence-corrected chi connectivity index (χ2v) is 6.50. The minimum absolute atomic E-state index is 0.353. The third-order valence-corrected chi connectivity index (χ3v) is 2.93. The molecule has 0 aromatic carbocycles. The van der Waals surface area contributed by atoms with E-state index in [2.05, 4.69) is 5.32 Å². The molecular formula is C16H25NO6. The van der Waals surface area contributed by atoms with Gasteiger partial charge in [-0.1, -0.05) is 0 Å². The van der Waals surface area contributed by atoms with Gasteiger partial charge >= 0.3 is 18.0 Å². The average molecular weight is 327 g/mol. The summed E-state index contributed by atoms with van der Waals surface area (Å²) in [7, 11) is 0. The Bertz CT molecular complexity index is 451. The topological polar surface area (TPSA) is 90.9 Å². The molecule has 0 aromatic heterocycles. The molecular weight excluding hydrogens is 302 g/mol. The normalized spacial score (nSPS) is 24.3. The molecule has 1 rings (SSSR count).